The van der Waals surface area contributed by atoms with Crippen LogP contribution in [0, 0.1) is 9.49 Å². The van der Waals surface area contributed by atoms with Gasteiger partial charge in [0.15, 0.2) is 5.60 Å². The number of carboxylic acid groups (broad SMARTS) is 1. The summed E-state index contributed by atoms with van der Waals surface area (Å²) >= 11 is 2.03. The molecule has 0 spiro atoms. The number of hydrogen-bond acceptors (Lipinski definition) is 3. The van der Waals surface area contributed by atoms with Crippen LogP contribution in [0.1, 0.15) is 31.1 Å². The van der Waals surface area contributed by atoms with Crippen molar-refractivity contribution in [3.05, 3.63) is 33.4 Å². The van der Waals surface area contributed by atoms with Crippen molar-refractivity contribution >= 4 is 34.5 Å². The third-order valence-electron chi connectivity index (χ3n) is 3.38. The Morgan fingerprint density at radius 3 is 2.10 bits per heavy atom. The number of carboxylic acids is 1. The van der Waals surface area contributed by atoms with E-state index in [9.17, 15) is 18.4 Å². The fourth-order valence-corrected chi connectivity index (χ4v) is 1.95. The monoisotopic (exact) mass is 412 g/mol. The van der Waals surface area contributed by atoms with Gasteiger partial charge in [0.2, 0.25) is 0 Å². The topological polar surface area (TPSA) is 63.6 Å². The fourth-order valence-electron chi connectivity index (χ4n) is 1.59. The molecule has 0 saturated heterocycles. The molecule has 7 heteroatoms. The highest BCUT2D eigenvalue weighted by molar-refractivity contribution is 14.1. The standard InChI is InChI=1S/C14H15F2IO4/c1-8(2)13(3,14(15,16)12(19)20)21-11(18)9-4-6-10(17)7-5-9/h4-8H,1-3H3,(H,19,20). The van der Waals surface area contributed by atoms with Crippen molar-refractivity contribution < 1.29 is 28.2 Å². The van der Waals surface area contributed by atoms with Crippen LogP contribution in [0.2, 0.25) is 0 Å². The molecule has 1 rings (SSSR count). The van der Waals surface area contributed by atoms with Crippen LogP contribution in [-0.4, -0.2) is 28.6 Å². The number of carbonyl (C=O) groups excluding carboxylic acids is 1. The average Bonchev–Trinajstić information content (AvgIpc) is 2.38. The Labute approximate surface area is 134 Å². The predicted octanol–water partition coefficient (Wildman–Crippen LogP) is 3.58. The third kappa shape index (κ3) is 3.50. The summed E-state index contributed by atoms with van der Waals surface area (Å²) in [6, 6.07) is 6.12. The zero-order chi connectivity index (χ0) is 16.4. The van der Waals surface area contributed by atoms with E-state index >= 15 is 0 Å². The number of halogens is 3. The molecule has 116 valence electrons. The lowest BCUT2D eigenvalue weighted by atomic mass is 9.85. The summed E-state index contributed by atoms with van der Waals surface area (Å²) in [5.41, 5.74) is -2.36. The van der Waals surface area contributed by atoms with E-state index in [4.69, 9.17) is 9.84 Å². The van der Waals surface area contributed by atoms with E-state index in [2.05, 4.69) is 0 Å². The van der Waals surface area contributed by atoms with Crippen LogP contribution in [0.3, 0.4) is 0 Å². The molecule has 0 heterocycles. The summed E-state index contributed by atoms with van der Waals surface area (Å²) < 4.78 is 33.6. The Kier molecular flexibility index (Phi) is 5.30. The maximum atomic E-state index is 13.9. The van der Waals surface area contributed by atoms with Gasteiger partial charge in [-0.2, -0.15) is 8.78 Å². The van der Waals surface area contributed by atoms with Gasteiger partial charge in [-0.3, -0.25) is 0 Å². The van der Waals surface area contributed by atoms with Crippen LogP contribution in [-0.2, 0) is 9.53 Å². The number of benzene rings is 1. The molecule has 0 aliphatic rings. The Morgan fingerprint density at radius 1 is 1.24 bits per heavy atom. The molecule has 1 atom stereocenters. The lowest BCUT2D eigenvalue weighted by molar-refractivity contribution is -0.214. The van der Waals surface area contributed by atoms with Crippen molar-refractivity contribution in [2.45, 2.75) is 32.3 Å². The molecule has 1 N–H and O–H groups in total. The zero-order valence-corrected chi connectivity index (χ0v) is 13.9. The Balaban J connectivity index is 3.12. The van der Waals surface area contributed by atoms with E-state index in [-0.39, 0.29) is 5.56 Å². The maximum absolute atomic E-state index is 13.9. The first-order valence-corrected chi connectivity index (χ1v) is 7.20. The lowest BCUT2D eigenvalue weighted by Crippen LogP contribution is -2.57. The third-order valence-corrected chi connectivity index (χ3v) is 4.10. The quantitative estimate of drug-likeness (QED) is 0.594. The summed E-state index contributed by atoms with van der Waals surface area (Å²) in [5, 5.41) is 8.70. The first-order valence-electron chi connectivity index (χ1n) is 6.12. The normalized spacial score (nSPS) is 14.6. The van der Waals surface area contributed by atoms with Crippen LogP contribution in [0.5, 0.6) is 0 Å². The number of carbonyl (C=O) groups is 2. The van der Waals surface area contributed by atoms with Gasteiger partial charge < -0.3 is 9.84 Å². The van der Waals surface area contributed by atoms with E-state index < -0.39 is 29.4 Å². The minimum absolute atomic E-state index is 0.0866. The molecule has 0 aromatic heterocycles. The van der Waals surface area contributed by atoms with Crippen LogP contribution in [0.25, 0.3) is 0 Å². The van der Waals surface area contributed by atoms with Gasteiger partial charge in [0.25, 0.3) is 0 Å². The summed E-state index contributed by atoms with van der Waals surface area (Å²) in [6.07, 6.45) is 0. The molecular weight excluding hydrogens is 397 g/mol. The Morgan fingerprint density at radius 2 is 1.71 bits per heavy atom. The largest absolute Gasteiger partial charge is 0.477 e. The van der Waals surface area contributed by atoms with E-state index in [0.29, 0.717) is 0 Å². The second-order valence-electron chi connectivity index (χ2n) is 5.04. The molecular formula is C14H15F2IO4. The first kappa shape index (κ1) is 17.8. The number of esters is 1. The molecule has 21 heavy (non-hydrogen) atoms. The number of aliphatic carboxylic acids is 1. The molecule has 1 aromatic rings. The Hall–Kier alpha value is -1.25. The van der Waals surface area contributed by atoms with Gasteiger partial charge in [0.1, 0.15) is 0 Å². The molecule has 0 amide bonds. The second kappa shape index (κ2) is 6.25. The smallest absolute Gasteiger partial charge is 0.381 e. The van der Waals surface area contributed by atoms with Gasteiger partial charge in [-0.05, 0) is 59.7 Å². The Bertz CT molecular complexity index is 542. The first-order chi connectivity index (χ1) is 9.52. The molecule has 1 aromatic carbocycles. The van der Waals surface area contributed by atoms with Crippen LogP contribution < -0.4 is 0 Å². The van der Waals surface area contributed by atoms with Gasteiger partial charge >= 0.3 is 17.9 Å². The number of rotatable bonds is 5. The number of alkyl halides is 2. The van der Waals surface area contributed by atoms with Crippen molar-refractivity contribution in [1.82, 2.24) is 0 Å². The van der Waals surface area contributed by atoms with Gasteiger partial charge in [0.05, 0.1) is 5.56 Å². The second-order valence-corrected chi connectivity index (χ2v) is 6.28. The summed E-state index contributed by atoms with van der Waals surface area (Å²) in [4.78, 5) is 22.8. The summed E-state index contributed by atoms with van der Waals surface area (Å²) in [7, 11) is 0. The molecule has 0 aliphatic heterocycles. The molecule has 0 saturated carbocycles. The zero-order valence-electron chi connectivity index (χ0n) is 11.7. The van der Waals surface area contributed by atoms with Crippen molar-refractivity contribution in [3.8, 4) is 0 Å². The van der Waals surface area contributed by atoms with Crippen LogP contribution in [0.4, 0.5) is 8.78 Å². The van der Waals surface area contributed by atoms with E-state index in [1.54, 1.807) is 12.1 Å². The molecule has 0 radical (unpaired) electrons. The minimum Gasteiger partial charge on any atom is -0.477 e. The minimum atomic E-state index is -4.19. The van der Waals surface area contributed by atoms with Crippen molar-refractivity contribution in [1.29, 1.82) is 0 Å². The van der Waals surface area contributed by atoms with E-state index in [1.807, 2.05) is 22.6 Å². The summed E-state index contributed by atoms with van der Waals surface area (Å²) in [6.45, 7) is 3.67. The predicted molar refractivity (Wildman–Crippen MR) is 80.4 cm³/mol. The highest BCUT2D eigenvalue weighted by Gasteiger charge is 2.61. The molecule has 0 fully saturated rings. The van der Waals surface area contributed by atoms with Crippen LogP contribution in [0.15, 0.2) is 24.3 Å². The molecule has 0 aliphatic carbocycles. The van der Waals surface area contributed by atoms with Crippen molar-refractivity contribution in [2.75, 3.05) is 0 Å². The van der Waals surface area contributed by atoms with Crippen molar-refractivity contribution in [2.24, 2.45) is 5.92 Å². The van der Waals surface area contributed by atoms with E-state index in [0.717, 1.165) is 10.5 Å². The van der Waals surface area contributed by atoms with Gasteiger partial charge in [0, 0.05) is 3.57 Å². The number of ether oxygens (including phenoxy) is 1. The van der Waals surface area contributed by atoms with E-state index in [1.165, 1.54) is 26.0 Å². The maximum Gasteiger partial charge on any atom is 0.381 e. The van der Waals surface area contributed by atoms with Gasteiger partial charge in [-0.25, -0.2) is 9.59 Å². The van der Waals surface area contributed by atoms with Gasteiger partial charge in [-0.15, -0.1) is 0 Å². The van der Waals surface area contributed by atoms with Crippen molar-refractivity contribution in [3.63, 3.8) is 0 Å². The highest BCUT2D eigenvalue weighted by Crippen LogP contribution is 2.39. The molecule has 0 bridgehead atoms. The fraction of sp³-hybridized carbons (Fsp3) is 0.429. The van der Waals surface area contributed by atoms with Gasteiger partial charge in [-0.1, -0.05) is 13.8 Å². The molecule has 1 unspecified atom stereocenters. The molecule has 4 nitrogen and oxygen atoms in total. The van der Waals surface area contributed by atoms with Crippen LogP contribution >= 0.6 is 22.6 Å². The SMILES string of the molecule is CC(C)C(C)(OC(=O)c1ccc(I)cc1)C(F)(F)C(=O)O. The lowest BCUT2D eigenvalue weighted by Gasteiger charge is -2.37. The average molecular weight is 412 g/mol. The summed E-state index contributed by atoms with van der Waals surface area (Å²) in [5.74, 6) is -8.39. The number of hydrogen-bond donors (Lipinski definition) is 1. The highest BCUT2D eigenvalue weighted by atomic mass is 127.